The molecule has 22 heavy (non-hydrogen) atoms. The summed E-state index contributed by atoms with van der Waals surface area (Å²) in [5, 5.41) is 10.2. The zero-order valence-corrected chi connectivity index (χ0v) is 16.4. The minimum absolute atomic E-state index is 0.217. The minimum Gasteiger partial charge on any atom is -0.390 e. The molecule has 3 nitrogen and oxygen atoms in total. The molecule has 1 aromatic carbocycles. The van der Waals surface area contributed by atoms with Crippen molar-refractivity contribution in [1.82, 2.24) is 4.72 Å². The second-order valence-corrected chi connectivity index (χ2v) is 10.3. The van der Waals surface area contributed by atoms with Crippen LogP contribution in [0.3, 0.4) is 0 Å². The number of nitrogens with one attached hydrogen (secondary N) is 1. The van der Waals surface area contributed by atoms with E-state index in [1.165, 1.54) is 6.07 Å². The first-order valence-corrected chi connectivity index (χ1v) is 9.06. The lowest BCUT2D eigenvalue weighted by atomic mass is 9.83. The molecule has 2 N–H and O–H groups in total. The van der Waals surface area contributed by atoms with Gasteiger partial charge in [-0.3, -0.25) is 0 Å². The van der Waals surface area contributed by atoms with Gasteiger partial charge < -0.3 is 5.11 Å². The van der Waals surface area contributed by atoms with Crippen molar-refractivity contribution in [2.24, 2.45) is 0 Å². The van der Waals surface area contributed by atoms with Gasteiger partial charge in [0.1, 0.15) is 5.82 Å². The van der Waals surface area contributed by atoms with Crippen molar-refractivity contribution in [3.63, 3.8) is 0 Å². The van der Waals surface area contributed by atoms with E-state index in [-0.39, 0.29) is 6.42 Å². The Labute approximate surface area is 143 Å². The van der Waals surface area contributed by atoms with Crippen LogP contribution in [0.4, 0.5) is 4.39 Å². The van der Waals surface area contributed by atoms with Gasteiger partial charge in [-0.1, -0.05) is 15.9 Å². The lowest BCUT2D eigenvalue weighted by molar-refractivity contribution is 0.0439. The van der Waals surface area contributed by atoms with Crippen LogP contribution in [0.1, 0.15) is 53.5 Å². The number of halogens is 2. The fourth-order valence-corrected chi connectivity index (χ4v) is 3.59. The van der Waals surface area contributed by atoms with Gasteiger partial charge in [-0.2, -0.15) is 0 Å². The quantitative estimate of drug-likeness (QED) is 0.793. The molecule has 0 unspecified atom stereocenters. The van der Waals surface area contributed by atoms with Crippen LogP contribution in [0.5, 0.6) is 0 Å². The van der Waals surface area contributed by atoms with E-state index in [1.807, 2.05) is 20.8 Å². The van der Waals surface area contributed by atoms with Crippen molar-refractivity contribution in [1.29, 1.82) is 0 Å². The predicted octanol–water partition coefficient (Wildman–Crippen LogP) is 4.02. The molecule has 2 atom stereocenters. The molecule has 0 aromatic heterocycles. The van der Waals surface area contributed by atoms with E-state index in [1.54, 1.807) is 32.9 Å². The summed E-state index contributed by atoms with van der Waals surface area (Å²) in [6.07, 6.45) is 0.217. The average molecular weight is 394 g/mol. The maximum atomic E-state index is 14.3. The largest absolute Gasteiger partial charge is 0.390 e. The summed E-state index contributed by atoms with van der Waals surface area (Å²) in [5.41, 5.74) is -1.63. The number of aliphatic hydroxyl groups is 1. The lowest BCUT2D eigenvalue weighted by Crippen LogP contribution is -2.50. The van der Waals surface area contributed by atoms with Gasteiger partial charge in [-0.05, 0) is 66.2 Å². The molecule has 126 valence electrons. The van der Waals surface area contributed by atoms with E-state index in [4.69, 9.17) is 0 Å². The second kappa shape index (κ2) is 6.67. The van der Waals surface area contributed by atoms with Gasteiger partial charge in [0.2, 0.25) is 0 Å². The Balaban J connectivity index is 3.34. The Bertz CT molecular complexity index is 566. The number of hydrogen-bond acceptors (Lipinski definition) is 2. The van der Waals surface area contributed by atoms with Gasteiger partial charge in [0.25, 0.3) is 0 Å². The fraction of sp³-hybridized carbons (Fsp3) is 0.625. The van der Waals surface area contributed by atoms with Crippen LogP contribution in [0.15, 0.2) is 22.7 Å². The number of rotatable bonds is 5. The van der Waals surface area contributed by atoms with Crippen molar-refractivity contribution in [3.8, 4) is 0 Å². The predicted molar refractivity (Wildman–Crippen MR) is 93.4 cm³/mol. The van der Waals surface area contributed by atoms with Crippen LogP contribution >= 0.6 is 15.9 Å². The van der Waals surface area contributed by atoms with Crippen molar-refractivity contribution in [3.05, 3.63) is 34.1 Å². The number of hydrogen-bond donors (Lipinski definition) is 2. The summed E-state index contributed by atoms with van der Waals surface area (Å²) in [6, 6.07) is 4.64. The van der Waals surface area contributed by atoms with E-state index < -0.39 is 32.7 Å². The maximum absolute atomic E-state index is 14.3. The molecular weight excluding hydrogens is 369 g/mol. The van der Waals surface area contributed by atoms with Gasteiger partial charge in [-0.15, -0.1) is 0 Å². The van der Waals surface area contributed by atoms with Crippen LogP contribution in [-0.2, 0) is 16.5 Å². The van der Waals surface area contributed by atoms with Gasteiger partial charge in [0, 0.05) is 10.0 Å². The molecule has 0 aliphatic rings. The Kier molecular flexibility index (Phi) is 5.99. The molecule has 0 radical (unpaired) electrons. The molecule has 0 saturated carbocycles. The Morgan fingerprint density at radius 1 is 1.23 bits per heavy atom. The molecule has 1 aromatic rings. The first kappa shape index (κ1) is 19.7. The van der Waals surface area contributed by atoms with Crippen LogP contribution < -0.4 is 4.72 Å². The van der Waals surface area contributed by atoms with Gasteiger partial charge in [0.05, 0.1) is 26.9 Å². The monoisotopic (exact) mass is 393 g/mol. The van der Waals surface area contributed by atoms with E-state index in [0.29, 0.717) is 5.56 Å². The molecule has 0 heterocycles. The summed E-state index contributed by atoms with van der Waals surface area (Å²) < 4.78 is 30.1. The molecule has 1 rings (SSSR count). The van der Waals surface area contributed by atoms with E-state index in [2.05, 4.69) is 20.7 Å². The molecular formula is C16H25BrFNO2S. The summed E-state index contributed by atoms with van der Waals surface area (Å²) in [5.74, 6) is -0.395. The van der Waals surface area contributed by atoms with Gasteiger partial charge in [0.15, 0.2) is 0 Å². The highest BCUT2D eigenvalue weighted by atomic mass is 79.9. The lowest BCUT2D eigenvalue weighted by Gasteiger charge is -2.38. The minimum atomic E-state index is -1.40. The van der Waals surface area contributed by atoms with Crippen LogP contribution in [0, 0.1) is 5.82 Å². The third kappa shape index (κ3) is 5.41. The highest BCUT2D eigenvalue weighted by Crippen LogP contribution is 2.34. The van der Waals surface area contributed by atoms with Crippen LogP contribution in [-0.4, -0.2) is 19.7 Å². The summed E-state index contributed by atoms with van der Waals surface area (Å²) >= 11 is 3.34. The maximum Gasteiger partial charge on any atom is 0.128 e. The van der Waals surface area contributed by atoms with Gasteiger partial charge in [-0.25, -0.2) is 13.3 Å². The van der Waals surface area contributed by atoms with E-state index in [9.17, 15) is 13.7 Å². The van der Waals surface area contributed by atoms with Crippen molar-refractivity contribution in [2.75, 3.05) is 0 Å². The fourth-order valence-electron chi connectivity index (χ4n) is 2.33. The summed E-state index contributed by atoms with van der Waals surface area (Å²) in [7, 11) is -1.40. The highest BCUT2D eigenvalue weighted by molar-refractivity contribution is 9.10. The number of benzene rings is 1. The standard InChI is InChI=1S/C16H25BrFNO2S/c1-14(2,3)22(21)19-16(6,10-15(4,5)20)12-9-11(17)7-8-13(12)18/h7-9,19-20H,10H2,1-6H3/t16-,22+/m0/s1. The highest BCUT2D eigenvalue weighted by Gasteiger charge is 2.38. The second-order valence-electron chi connectivity index (χ2n) is 7.43. The topological polar surface area (TPSA) is 49.3 Å². The Hall–Kier alpha value is -0.300. The van der Waals surface area contributed by atoms with E-state index in [0.717, 1.165) is 4.47 Å². The molecule has 0 bridgehead atoms. The van der Waals surface area contributed by atoms with Crippen molar-refractivity contribution < 1.29 is 13.7 Å². The molecule has 0 saturated heterocycles. The van der Waals surface area contributed by atoms with Crippen LogP contribution in [0.25, 0.3) is 0 Å². The Morgan fingerprint density at radius 3 is 2.23 bits per heavy atom. The van der Waals surface area contributed by atoms with E-state index >= 15 is 0 Å². The molecule has 0 fully saturated rings. The van der Waals surface area contributed by atoms with Gasteiger partial charge >= 0.3 is 0 Å². The smallest absolute Gasteiger partial charge is 0.128 e. The van der Waals surface area contributed by atoms with Crippen LogP contribution in [0.2, 0.25) is 0 Å². The van der Waals surface area contributed by atoms with Crippen molar-refractivity contribution in [2.45, 2.75) is 63.9 Å². The zero-order valence-electron chi connectivity index (χ0n) is 14.0. The zero-order chi connectivity index (χ0) is 17.3. The molecule has 0 aliphatic heterocycles. The van der Waals surface area contributed by atoms with Crippen molar-refractivity contribution >= 4 is 26.9 Å². The molecule has 0 amide bonds. The third-order valence-corrected chi connectivity index (χ3v) is 5.42. The molecule has 6 heteroatoms. The summed E-state index contributed by atoms with van der Waals surface area (Å²) in [4.78, 5) is 0. The average Bonchev–Trinajstić information content (AvgIpc) is 2.28. The third-order valence-electron chi connectivity index (χ3n) is 3.18. The summed E-state index contributed by atoms with van der Waals surface area (Å²) in [6.45, 7) is 10.6. The first-order chi connectivity index (χ1) is 9.74. The Morgan fingerprint density at radius 2 is 1.77 bits per heavy atom. The SMILES string of the molecule is CC(C)(O)C[C@](C)(N[S@](=O)C(C)(C)C)c1cc(Br)ccc1F. The normalized spacial score (nSPS) is 17.1. The molecule has 0 aliphatic carbocycles. The molecule has 0 spiro atoms. The first-order valence-electron chi connectivity index (χ1n) is 7.12.